The molecule has 0 radical (unpaired) electrons. The van der Waals surface area contributed by atoms with Crippen LogP contribution in [-0.4, -0.2) is 35.5 Å². The fourth-order valence-corrected chi connectivity index (χ4v) is 5.64. The highest BCUT2D eigenvalue weighted by molar-refractivity contribution is 6.31. The van der Waals surface area contributed by atoms with Crippen LogP contribution in [-0.2, 0) is 50.0 Å². The summed E-state index contributed by atoms with van der Waals surface area (Å²) in [6.07, 6.45) is -1.83. The minimum Gasteiger partial charge on any atom is -0.481 e. The normalized spacial score (nSPS) is 21.9. The van der Waals surface area contributed by atoms with Crippen LogP contribution in [0.1, 0.15) is 47.3 Å². The molecule has 6 nitrogen and oxygen atoms in total. The number of carboxylic acids is 1. The smallest absolute Gasteiger partial charge is 0.307 e. The van der Waals surface area contributed by atoms with Crippen molar-refractivity contribution in [1.82, 2.24) is 0 Å². The number of carboxylic acid groups (broad SMARTS) is 1. The van der Waals surface area contributed by atoms with Crippen LogP contribution in [0.5, 0.6) is 0 Å². The van der Waals surface area contributed by atoms with Gasteiger partial charge in [-0.1, -0.05) is 122 Å². The van der Waals surface area contributed by atoms with E-state index in [0.717, 1.165) is 22.3 Å². The molecule has 0 spiro atoms. The second-order valence-corrected chi connectivity index (χ2v) is 11.1. The second kappa shape index (κ2) is 15.3. The lowest BCUT2D eigenvalue weighted by Crippen LogP contribution is -2.57. The van der Waals surface area contributed by atoms with Crippen molar-refractivity contribution in [2.75, 3.05) is 0 Å². The molecule has 1 N–H and O–H groups in total. The summed E-state index contributed by atoms with van der Waals surface area (Å²) in [7, 11) is 0. The first-order valence-electron chi connectivity index (χ1n) is 14.6. The summed E-state index contributed by atoms with van der Waals surface area (Å²) < 4.78 is 26.8. The molecule has 224 valence electrons. The molecule has 0 saturated carbocycles. The van der Waals surface area contributed by atoms with Crippen molar-refractivity contribution in [1.29, 1.82) is 0 Å². The van der Waals surface area contributed by atoms with Crippen LogP contribution in [0.3, 0.4) is 0 Å². The number of ether oxygens (including phenoxy) is 4. The van der Waals surface area contributed by atoms with Crippen molar-refractivity contribution in [3.63, 3.8) is 0 Å². The zero-order valence-electron chi connectivity index (χ0n) is 24.2. The van der Waals surface area contributed by atoms with Gasteiger partial charge in [-0.2, -0.15) is 0 Å². The maximum absolute atomic E-state index is 11.6. The quantitative estimate of drug-likeness (QED) is 0.171. The Morgan fingerprint density at radius 3 is 1.70 bits per heavy atom. The average molecular weight is 601 g/mol. The molecule has 1 aliphatic rings. The van der Waals surface area contributed by atoms with Gasteiger partial charge in [0.25, 0.3) is 0 Å². The van der Waals surface area contributed by atoms with E-state index in [1.165, 1.54) is 0 Å². The Kier molecular flexibility index (Phi) is 11.0. The minimum absolute atomic E-state index is 0.192. The van der Waals surface area contributed by atoms with Gasteiger partial charge in [0.05, 0.1) is 32.3 Å². The predicted molar refractivity (Wildman–Crippen MR) is 166 cm³/mol. The Labute approximate surface area is 258 Å². The van der Waals surface area contributed by atoms with E-state index < -0.39 is 30.4 Å². The molecule has 7 heteroatoms. The summed E-state index contributed by atoms with van der Waals surface area (Å²) >= 11 is 6.40. The molecule has 5 unspecified atom stereocenters. The number of rotatable bonds is 13. The third kappa shape index (κ3) is 8.31. The molecule has 0 aliphatic carbocycles. The maximum atomic E-state index is 11.6. The highest BCUT2D eigenvalue weighted by atomic mass is 35.5. The van der Waals surface area contributed by atoms with E-state index in [1.807, 2.05) is 103 Å². The van der Waals surface area contributed by atoms with Crippen molar-refractivity contribution in [3.05, 3.63) is 142 Å². The topological polar surface area (TPSA) is 74.2 Å². The van der Waals surface area contributed by atoms with E-state index in [0.29, 0.717) is 36.8 Å². The van der Waals surface area contributed by atoms with Gasteiger partial charge >= 0.3 is 5.97 Å². The molecule has 4 aromatic carbocycles. The van der Waals surface area contributed by atoms with Crippen molar-refractivity contribution in [2.24, 2.45) is 0 Å². The zero-order chi connectivity index (χ0) is 30.0. The van der Waals surface area contributed by atoms with Gasteiger partial charge in [0.1, 0.15) is 24.4 Å². The molecular formula is C36H37ClO6. The van der Waals surface area contributed by atoms with Crippen molar-refractivity contribution >= 4 is 17.6 Å². The van der Waals surface area contributed by atoms with Gasteiger partial charge in [-0.3, -0.25) is 4.79 Å². The summed E-state index contributed by atoms with van der Waals surface area (Å²) in [6, 6.07) is 35.5. The number of hydrogen-bond donors (Lipinski definition) is 1. The second-order valence-electron chi connectivity index (χ2n) is 10.7. The van der Waals surface area contributed by atoms with Gasteiger partial charge in [-0.05, 0) is 40.3 Å². The Hall–Kier alpha value is -3.52. The van der Waals surface area contributed by atoms with Crippen LogP contribution in [0.25, 0.3) is 0 Å². The number of halogens is 1. The lowest BCUT2D eigenvalue weighted by molar-refractivity contribution is -0.267. The van der Waals surface area contributed by atoms with Gasteiger partial charge in [0, 0.05) is 5.02 Å². The number of benzene rings is 4. The van der Waals surface area contributed by atoms with Crippen LogP contribution >= 0.6 is 11.6 Å². The summed E-state index contributed by atoms with van der Waals surface area (Å²) in [5.74, 6) is -0.953. The van der Waals surface area contributed by atoms with Crippen LogP contribution in [0, 0.1) is 0 Å². The molecule has 1 fully saturated rings. The van der Waals surface area contributed by atoms with E-state index >= 15 is 0 Å². The summed E-state index contributed by atoms with van der Waals surface area (Å²) in [6.45, 7) is 3.18. The van der Waals surface area contributed by atoms with Crippen molar-refractivity contribution < 1.29 is 28.8 Å². The number of hydrogen-bond acceptors (Lipinski definition) is 5. The number of aliphatic carboxylic acids is 1. The molecule has 0 aromatic heterocycles. The molecule has 5 rings (SSSR count). The molecule has 4 aromatic rings. The molecule has 1 aliphatic heterocycles. The largest absolute Gasteiger partial charge is 0.481 e. The van der Waals surface area contributed by atoms with E-state index in [1.54, 1.807) is 6.07 Å². The monoisotopic (exact) mass is 600 g/mol. The summed E-state index contributed by atoms with van der Waals surface area (Å²) in [4.78, 5) is 11.6. The van der Waals surface area contributed by atoms with E-state index in [2.05, 4.69) is 6.92 Å². The zero-order valence-corrected chi connectivity index (χ0v) is 24.9. The number of carbonyl (C=O) groups is 1. The first-order valence-corrected chi connectivity index (χ1v) is 15.0. The molecule has 1 saturated heterocycles. The van der Waals surface area contributed by atoms with Gasteiger partial charge < -0.3 is 24.1 Å². The lowest BCUT2D eigenvalue weighted by atomic mass is 9.88. The Balaban J connectivity index is 1.51. The summed E-state index contributed by atoms with van der Waals surface area (Å²) in [5.41, 5.74) is 4.42. The maximum Gasteiger partial charge on any atom is 0.307 e. The fourth-order valence-electron chi connectivity index (χ4n) is 5.45. The molecule has 0 amide bonds. The molecule has 1 heterocycles. The predicted octanol–water partition coefficient (Wildman–Crippen LogP) is 7.57. The lowest BCUT2D eigenvalue weighted by Gasteiger charge is -2.46. The third-order valence-corrected chi connectivity index (χ3v) is 8.00. The summed E-state index contributed by atoms with van der Waals surface area (Å²) in [5, 5.41) is 9.89. The highest BCUT2D eigenvalue weighted by Gasteiger charge is 2.48. The van der Waals surface area contributed by atoms with Crippen molar-refractivity contribution in [2.45, 2.75) is 70.1 Å². The standard InChI is InChI=1S/C36H37ClO6/c1-2-31-34(40-22-25-12-6-3-7-13-25)36(42-24-27-16-10-5-11-17-27)35(41-23-26-14-8-4-9-15-26)33(43-31)28-18-19-30(37)29(20-28)21-32(38)39/h3-20,31,33-36H,2,21-24H2,1H3,(H,38,39). The van der Waals surface area contributed by atoms with Gasteiger partial charge in [0.2, 0.25) is 0 Å². The molecule has 5 atom stereocenters. The fraction of sp³-hybridized carbons (Fsp3) is 0.306. The van der Waals surface area contributed by atoms with Crippen LogP contribution in [0.4, 0.5) is 0 Å². The van der Waals surface area contributed by atoms with Gasteiger partial charge in [0.15, 0.2) is 0 Å². The van der Waals surface area contributed by atoms with Crippen molar-refractivity contribution in [3.8, 4) is 0 Å². The molecule has 43 heavy (non-hydrogen) atoms. The Bertz CT molecular complexity index is 1430. The average Bonchev–Trinajstić information content (AvgIpc) is 3.04. The first kappa shape index (κ1) is 30.9. The SMILES string of the molecule is CCC1OC(c2ccc(Cl)c(CC(=O)O)c2)C(OCc2ccccc2)C(OCc2ccccc2)C1OCc1ccccc1. The van der Waals surface area contributed by atoms with Gasteiger partial charge in [-0.15, -0.1) is 0 Å². The van der Waals surface area contributed by atoms with E-state index in [9.17, 15) is 9.90 Å². The van der Waals surface area contributed by atoms with E-state index in [4.69, 9.17) is 30.5 Å². The van der Waals surface area contributed by atoms with Crippen LogP contribution < -0.4 is 0 Å². The Morgan fingerprint density at radius 2 is 1.21 bits per heavy atom. The van der Waals surface area contributed by atoms with Gasteiger partial charge in [-0.25, -0.2) is 0 Å². The van der Waals surface area contributed by atoms with Crippen LogP contribution in [0.15, 0.2) is 109 Å². The third-order valence-electron chi connectivity index (χ3n) is 7.63. The highest BCUT2D eigenvalue weighted by Crippen LogP contribution is 2.40. The molecule has 0 bridgehead atoms. The van der Waals surface area contributed by atoms with Crippen LogP contribution in [0.2, 0.25) is 5.02 Å². The first-order chi connectivity index (χ1) is 21.0. The molecular weight excluding hydrogens is 564 g/mol. The Morgan fingerprint density at radius 1 is 0.721 bits per heavy atom. The van der Waals surface area contributed by atoms with E-state index in [-0.39, 0.29) is 12.5 Å². The minimum atomic E-state index is -0.953.